The van der Waals surface area contributed by atoms with Crippen molar-refractivity contribution >= 4 is 12.4 Å². The molecule has 2 aromatic rings. The maximum absolute atomic E-state index is 14.9. The molecule has 0 saturated heterocycles. The van der Waals surface area contributed by atoms with Crippen molar-refractivity contribution in [3.05, 3.63) is 54.6 Å². The number of rotatable bonds is 4. The fraction of sp³-hybridized carbons (Fsp3) is 0.500. The van der Waals surface area contributed by atoms with Gasteiger partial charge in [-0.1, -0.05) is 93.1 Å². The van der Waals surface area contributed by atoms with Gasteiger partial charge in [0.2, 0.25) is 0 Å². The smallest absolute Gasteiger partial charge is 0.122 e. The molecule has 0 heterocycles. The molecule has 0 bridgehead atoms. The van der Waals surface area contributed by atoms with Crippen LogP contribution in [0.2, 0.25) is 0 Å². The average molecular weight is 366 g/mol. The zero-order valence-corrected chi connectivity index (χ0v) is 16.7. The lowest BCUT2D eigenvalue weighted by Gasteiger charge is -2.39. The minimum atomic E-state index is -2.43. The van der Waals surface area contributed by atoms with Gasteiger partial charge in [0.1, 0.15) is 7.14 Å². The van der Waals surface area contributed by atoms with Gasteiger partial charge in [-0.3, -0.25) is 0 Å². The first kappa shape index (κ1) is 18.1. The summed E-state index contributed by atoms with van der Waals surface area (Å²) in [6.45, 7) is 0. The van der Waals surface area contributed by atoms with Crippen LogP contribution < -0.4 is 5.30 Å². The fourth-order valence-electron chi connectivity index (χ4n) is 5.26. The van der Waals surface area contributed by atoms with Gasteiger partial charge >= 0.3 is 0 Å². The van der Waals surface area contributed by atoms with Crippen LogP contribution >= 0.6 is 7.14 Å². The molecule has 2 aromatic carbocycles. The molecule has 26 heavy (non-hydrogen) atoms. The maximum Gasteiger partial charge on any atom is 0.122 e. The summed E-state index contributed by atoms with van der Waals surface area (Å²) in [5, 5.41) is 1.19. The molecule has 0 unspecified atom stereocenters. The highest BCUT2D eigenvalue weighted by molar-refractivity contribution is 7.73. The Morgan fingerprint density at radius 2 is 1.12 bits per heavy atom. The Hall–Kier alpha value is -1.33. The first-order chi connectivity index (χ1) is 12.8. The van der Waals surface area contributed by atoms with Gasteiger partial charge in [-0.15, -0.1) is 0 Å². The van der Waals surface area contributed by atoms with Gasteiger partial charge in [-0.25, -0.2) is 0 Å². The zero-order valence-electron chi connectivity index (χ0n) is 15.8. The second-order valence-electron chi connectivity index (χ2n) is 8.18. The van der Waals surface area contributed by atoms with Crippen LogP contribution in [-0.4, -0.2) is 11.3 Å². The average Bonchev–Trinajstić information content (AvgIpc) is 2.75. The van der Waals surface area contributed by atoms with E-state index >= 15 is 0 Å². The van der Waals surface area contributed by atoms with Gasteiger partial charge in [0.05, 0.1) is 0 Å². The Morgan fingerprint density at radius 3 is 1.69 bits per heavy atom. The molecule has 2 heteroatoms. The van der Waals surface area contributed by atoms with E-state index < -0.39 is 7.14 Å². The van der Waals surface area contributed by atoms with E-state index in [-0.39, 0.29) is 0 Å². The third kappa shape index (κ3) is 3.44. The Balaban J connectivity index is 1.83. The van der Waals surface area contributed by atoms with Crippen LogP contribution in [0.3, 0.4) is 0 Å². The topological polar surface area (TPSA) is 17.1 Å². The molecule has 4 rings (SSSR count). The molecular weight excluding hydrogens is 335 g/mol. The Morgan fingerprint density at radius 1 is 0.615 bits per heavy atom. The molecule has 0 radical (unpaired) electrons. The molecule has 2 fully saturated rings. The van der Waals surface area contributed by atoms with Gasteiger partial charge < -0.3 is 4.57 Å². The summed E-state index contributed by atoms with van der Waals surface area (Å²) in [6, 6.07) is 19.2. The standard InChI is InChI=1S/C24H31OP/c25-26(21-14-6-2-7-15-21,22-16-8-3-9-17-22)24-19-11-10-18-23(24)20-12-4-1-5-13-20/h1,4-5,10-13,18-19,21-22H,2-3,6-9,14-17H2. The van der Waals surface area contributed by atoms with E-state index in [1.54, 1.807) is 0 Å². The fourth-order valence-corrected chi connectivity index (χ4v) is 9.81. The van der Waals surface area contributed by atoms with Crippen molar-refractivity contribution in [3.8, 4) is 11.1 Å². The molecular formula is C24H31OP. The third-order valence-electron chi connectivity index (χ3n) is 6.60. The Labute approximate surface area is 158 Å². The second-order valence-corrected chi connectivity index (χ2v) is 11.5. The largest absolute Gasteiger partial charge is 0.318 e. The highest BCUT2D eigenvalue weighted by atomic mass is 31.2. The van der Waals surface area contributed by atoms with E-state index in [2.05, 4.69) is 54.6 Å². The van der Waals surface area contributed by atoms with Crippen molar-refractivity contribution in [2.24, 2.45) is 0 Å². The normalized spacial score (nSPS) is 20.2. The summed E-state index contributed by atoms with van der Waals surface area (Å²) in [5.74, 6) is 0. The van der Waals surface area contributed by atoms with Crippen molar-refractivity contribution in [2.75, 3.05) is 0 Å². The summed E-state index contributed by atoms with van der Waals surface area (Å²) in [6.07, 6.45) is 12.3. The van der Waals surface area contributed by atoms with E-state index in [0.29, 0.717) is 11.3 Å². The van der Waals surface area contributed by atoms with Gasteiger partial charge in [0, 0.05) is 16.6 Å². The van der Waals surface area contributed by atoms with Gasteiger partial charge in [-0.05, 0) is 36.8 Å². The molecule has 0 spiro atoms. The first-order valence-corrected chi connectivity index (χ1v) is 12.4. The van der Waals surface area contributed by atoms with Crippen LogP contribution in [0.1, 0.15) is 64.2 Å². The van der Waals surface area contributed by atoms with E-state index in [1.165, 1.54) is 55.0 Å². The van der Waals surface area contributed by atoms with Crippen LogP contribution in [-0.2, 0) is 4.57 Å². The van der Waals surface area contributed by atoms with E-state index in [9.17, 15) is 4.57 Å². The molecule has 0 amide bonds. The number of hydrogen-bond donors (Lipinski definition) is 0. The molecule has 0 atom stereocenters. The second kappa shape index (κ2) is 8.13. The molecule has 0 N–H and O–H groups in total. The number of hydrogen-bond acceptors (Lipinski definition) is 1. The SMILES string of the molecule is O=P(c1ccccc1-c1ccccc1)(C1CCCCC1)C1CCCCC1. The summed E-state index contributed by atoms with van der Waals surface area (Å²) in [4.78, 5) is 0. The Bertz CT molecular complexity index is 733. The van der Waals surface area contributed by atoms with E-state index in [4.69, 9.17) is 0 Å². The zero-order chi connectivity index (χ0) is 17.8. The quantitative estimate of drug-likeness (QED) is 0.532. The summed E-state index contributed by atoms with van der Waals surface area (Å²) < 4.78 is 14.9. The van der Waals surface area contributed by atoms with Crippen molar-refractivity contribution in [1.82, 2.24) is 0 Å². The van der Waals surface area contributed by atoms with Gasteiger partial charge in [0.25, 0.3) is 0 Å². The van der Waals surface area contributed by atoms with Crippen molar-refractivity contribution in [3.63, 3.8) is 0 Å². The maximum atomic E-state index is 14.9. The van der Waals surface area contributed by atoms with Crippen LogP contribution in [0.15, 0.2) is 54.6 Å². The van der Waals surface area contributed by atoms with E-state index in [1.807, 2.05) is 0 Å². The molecule has 138 valence electrons. The van der Waals surface area contributed by atoms with Crippen molar-refractivity contribution < 1.29 is 4.57 Å². The summed E-state index contributed by atoms with van der Waals surface area (Å²) in [7, 11) is -2.43. The molecule has 0 aromatic heterocycles. The van der Waals surface area contributed by atoms with Crippen molar-refractivity contribution in [1.29, 1.82) is 0 Å². The lowest BCUT2D eigenvalue weighted by atomic mass is 9.99. The Kier molecular flexibility index (Phi) is 5.65. The molecule has 2 aliphatic rings. The highest BCUT2D eigenvalue weighted by Crippen LogP contribution is 2.62. The lowest BCUT2D eigenvalue weighted by Crippen LogP contribution is -2.30. The van der Waals surface area contributed by atoms with Crippen LogP contribution in [0.5, 0.6) is 0 Å². The summed E-state index contributed by atoms with van der Waals surface area (Å²) >= 11 is 0. The molecule has 2 aliphatic carbocycles. The van der Waals surface area contributed by atoms with Crippen LogP contribution in [0.4, 0.5) is 0 Å². The molecule has 0 aliphatic heterocycles. The minimum absolute atomic E-state index is 0.407. The third-order valence-corrected chi connectivity index (χ3v) is 10.9. The van der Waals surface area contributed by atoms with Gasteiger partial charge in [0.15, 0.2) is 0 Å². The monoisotopic (exact) mass is 366 g/mol. The predicted molar refractivity (Wildman–Crippen MR) is 113 cm³/mol. The lowest BCUT2D eigenvalue weighted by molar-refractivity contribution is 0.453. The summed E-state index contributed by atoms with van der Waals surface area (Å²) in [5.41, 5.74) is 3.25. The first-order valence-electron chi connectivity index (χ1n) is 10.5. The van der Waals surface area contributed by atoms with E-state index in [0.717, 1.165) is 25.7 Å². The highest BCUT2D eigenvalue weighted by Gasteiger charge is 2.43. The molecule has 1 nitrogen and oxygen atoms in total. The predicted octanol–water partition coefficient (Wildman–Crippen LogP) is 7.01. The molecule has 2 saturated carbocycles. The number of benzene rings is 2. The van der Waals surface area contributed by atoms with Crippen molar-refractivity contribution in [2.45, 2.75) is 75.5 Å². The van der Waals surface area contributed by atoms with Crippen LogP contribution in [0, 0.1) is 0 Å². The van der Waals surface area contributed by atoms with Gasteiger partial charge in [-0.2, -0.15) is 0 Å². The minimum Gasteiger partial charge on any atom is -0.318 e. The van der Waals surface area contributed by atoms with Crippen LogP contribution in [0.25, 0.3) is 11.1 Å².